The second kappa shape index (κ2) is 4.52. The second-order valence-corrected chi connectivity index (χ2v) is 3.29. The topological polar surface area (TPSA) is 74.8 Å². The lowest BCUT2D eigenvalue weighted by molar-refractivity contribution is -0.117. The number of tetrazole rings is 1. The van der Waals surface area contributed by atoms with Gasteiger partial charge in [0, 0.05) is 12.7 Å². The summed E-state index contributed by atoms with van der Waals surface area (Å²) >= 11 is 0. The number of aromatic nitrogens is 4. The predicted molar refractivity (Wildman–Crippen MR) is 57.7 cm³/mol. The minimum atomic E-state index is -0.0763. The Morgan fingerprint density at radius 1 is 1.38 bits per heavy atom. The van der Waals surface area contributed by atoms with Crippen molar-refractivity contribution in [1.82, 2.24) is 20.6 Å². The Morgan fingerprint density at radius 2 is 2.12 bits per heavy atom. The van der Waals surface area contributed by atoms with Crippen LogP contribution < -0.4 is 4.90 Å². The van der Waals surface area contributed by atoms with E-state index in [4.69, 9.17) is 0 Å². The molecule has 1 heterocycles. The molecule has 1 aromatic carbocycles. The molecule has 1 amide bonds. The lowest BCUT2D eigenvalue weighted by atomic mass is 10.2. The van der Waals surface area contributed by atoms with Crippen LogP contribution in [-0.4, -0.2) is 33.6 Å². The molecule has 1 N–H and O–H groups in total. The summed E-state index contributed by atoms with van der Waals surface area (Å²) in [5.74, 6) is 0.320. The average Bonchev–Trinajstić information content (AvgIpc) is 2.82. The molecule has 0 spiro atoms. The Balaban J connectivity index is 2.05. The van der Waals surface area contributed by atoms with Gasteiger partial charge in [0.2, 0.25) is 5.91 Å². The van der Waals surface area contributed by atoms with E-state index in [1.807, 2.05) is 30.3 Å². The number of hydrogen-bond donors (Lipinski definition) is 1. The molecule has 0 aliphatic rings. The third-order valence-corrected chi connectivity index (χ3v) is 2.22. The van der Waals surface area contributed by atoms with E-state index < -0.39 is 0 Å². The molecule has 0 unspecified atom stereocenters. The highest BCUT2D eigenvalue weighted by atomic mass is 16.2. The van der Waals surface area contributed by atoms with Crippen LogP contribution in [0.15, 0.2) is 30.3 Å². The lowest BCUT2D eigenvalue weighted by Gasteiger charge is -2.15. The maximum Gasteiger partial charge on any atom is 0.234 e. The third kappa shape index (κ3) is 2.22. The molecule has 0 aliphatic heterocycles. The molecule has 82 valence electrons. The number of H-pyrrole nitrogens is 1. The smallest absolute Gasteiger partial charge is 0.234 e. The van der Waals surface area contributed by atoms with E-state index in [2.05, 4.69) is 20.6 Å². The van der Waals surface area contributed by atoms with Crippen LogP contribution in [0.5, 0.6) is 0 Å². The van der Waals surface area contributed by atoms with Crippen molar-refractivity contribution in [2.45, 2.75) is 6.42 Å². The van der Waals surface area contributed by atoms with Crippen LogP contribution in [0.1, 0.15) is 5.82 Å². The third-order valence-electron chi connectivity index (χ3n) is 2.22. The lowest BCUT2D eigenvalue weighted by Crippen LogP contribution is -2.28. The largest absolute Gasteiger partial charge is 0.315 e. The predicted octanol–water partition coefficient (Wildman–Crippen LogP) is 0.405. The molecule has 0 saturated carbocycles. The van der Waals surface area contributed by atoms with Gasteiger partial charge in [0.1, 0.15) is 0 Å². The molecule has 6 heteroatoms. The zero-order valence-electron chi connectivity index (χ0n) is 8.79. The molecular formula is C10H11N5O. The highest BCUT2D eigenvalue weighted by Gasteiger charge is 2.13. The van der Waals surface area contributed by atoms with Crippen LogP contribution in [0.2, 0.25) is 0 Å². The van der Waals surface area contributed by atoms with Crippen molar-refractivity contribution in [3.8, 4) is 0 Å². The summed E-state index contributed by atoms with van der Waals surface area (Å²) in [5, 5.41) is 13.2. The summed E-state index contributed by atoms with van der Waals surface area (Å²) in [4.78, 5) is 13.4. The van der Waals surface area contributed by atoms with E-state index in [-0.39, 0.29) is 12.3 Å². The Bertz CT molecular complexity index is 453. The van der Waals surface area contributed by atoms with Crippen LogP contribution in [0.4, 0.5) is 5.69 Å². The van der Waals surface area contributed by atoms with Crippen LogP contribution in [0, 0.1) is 0 Å². The average molecular weight is 217 g/mol. The number of amides is 1. The van der Waals surface area contributed by atoms with Gasteiger partial charge in [-0.15, -0.1) is 10.2 Å². The first-order chi connectivity index (χ1) is 7.77. The van der Waals surface area contributed by atoms with Crippen molar-refractivity contribution >= 4 is 11.6 Å². The van der Waals surface area contributed by atoms with Gasteiger partial charge in [0.25, 0.3) is 0 Å². The summed E-state index contributed by atoms with van der Waals surface area (Å²) < 4.78 is 0. The quantitative estimate of drug-likeness (QED) is 0.807. The van der Waals surface area contributed by atoms with E-state index in [0.29, 0.717) is 5.82 Å². The Morgan fingerprint density at radius 3 is 2.75 bits per heavy atom. The zero-order chi connectivity index (χ0) is 11.4. The molecule has 0 bridgehead atoms. The van der Waals surface area contributed by atoms with Crippen molar-refractivity contribution in [2.24, 2.45) is 0 Å². The molecule has 16 heavy (non-hydrogen) atoms. The first-order valence-corrected chi connectivity index (χ1v) is 4.81. The molecular weight excluding hydrogens is 206 g/mol. The molecule has 0 radical (unpaired) electrons. The van der Waals surface area contributed by atoms with Gasteiger partial charge >= 0.3 is 0 Å². The number of anilines is 1. The van der Waals surface area contributed by atoms with Crippen LogP contribution in [0.25, 0.3) is 0 Å². The van der Waals surface area contributed by atoms with E-state index in [0.717, 1.165) is 5.69 Å². The highest BCUT2D eigenvalue weighted by Crippen LogP contribution is 2.11. The number of nitrogens with zero attached hydrogens (tertiary/aromatic N) is 4. The van der Waals surface area contributed by atoms with Crippen LogP contribution in [0.3, 0.4) is 0 Å². The second-order valence-electron chi connectivity index (χ2n) is 3.29. The van der Waals surface area contributed by atoms with E-state index >= 15 is 0 Å². The zero-order valence-corrected chi connectivity index (χ0v) is 8.79. The number of benzene rings is 1. The van der Waals surface area contributed by atoms with Gasteiger partial charge in [-0.05, 0) is 12.1 Å². The fourth-order valence-electron chi connectivity index (χ4n) is 1.31. The summed E-state index contributed by atoms with van der Waals surface area (Å²) in [7, 11) is 1.72. The number of aromatic amines is 1. The monoisotopic (exact) mass is 217 g/mol. The summed E-state index contributed by atoms with van der Waals surface area (Å²) in [6, 6.07) is 9.41. The molecule has 0 saturated heterocycles. The fourth-order valence-corrected chi connectivity index (χ4v) is 1.31. The highest BCUT2D eigenvalue weighted by molar-refractivity contribution is 5.93. The van der Waals surface area contributed by atoms with Crippen molar-refractivity contribution in [3.63, 3.8) is 0 Å². The number of carbonyl (C=O) groups excluding carboxylic acids is 1. The molecule has 2 aromatic rings. The first-order valence-electron chi connectivity index (χ1n) is 4.81. The normalized spacial score (nSPS) is 10.1. The van der Waals surface area contributed by atoms with E-state index in [1.165, 1.54) is 0 Å². The van der Waals surface area contributed by atoms with E-state index in [1.54, 1.807) is 11.9 Å². The number of para-hydroxylation sites is 1. The number of rotatable bonds is 3. The SMILES string of the molecule is CN(C(=O)Cc1nn[nH]n1)c1ccccc1. The van der Waals surface area contributed by atoms with Crippen molar-refractivity contribution in [3.05, 3.63) is 36.2 Å². The Labute approximate surface area is 92.3 Å². The van der Waals surface area contributed by atoms with Gasteiger partial charge in [-0.1, -0.05) is 23.4 Å². The molecule has 0 fully saturated rings. The molecule has 0 aliphatic carbocycles. The molecule has 6 nitrogen and oxygen atoms in total. The molecule has 1 aromatic heterocycles. The number of hydrogen-bond acceptors (Lipinski definition) is 4. The van der Waals surface area contributed by atoms with Crippen molar-refractivity contribution in [2.75, 3.05) is 11.9 Å². The minimum absolute atomic E-state index is 0.0763. The Hall–Kier alpha value is -2.24. The standard InChI is InChI=1S/C10H11N5O/c1-15(8-5-3-2-4-6-8)10(16)7-9-11-13-14-12-9/h2-6H,7H2,1H3,(H,11,12,13,14). The van der Waals surface area contributed by atoms with Gasteiger partial charge in [0.05, 0.1) is 6.42 Å². The van der Waals surface area contributed by atoms with Gasteiger partial charge in [-0.25, -0.2) is 0 Å². The van der Waals surface area contributed by atoms with Gasteiger partial charge < -0.3 is 4.90 Å². The number of nitrogens with one attached hydrogen (secondary N) is 1. The fraction of sp³-hybridized carbons (Fsp3) is 0.200. The maximum absolute atomic E-state index is 11.8. The van der Waals surface area contributed by atoms with Gasteiger partial charge in [-0.3, -0.25) is 4.79 Å². The summed E-state index contributed by atoms with van der Waals surface area (Å²) in [5.41, 5.74) is 0.844. The maximum atomic E-state index is 11.8. The number of carbonyl (C=O) groups is 1. The van der Waals surface area contributed by atoms with Crippen molar-refractivity contribution in [1.29, 1.82) is 0 Å². The minimum Gasteiger partial charge on any atom is -0.315 e. The Kier molecular flexibility index (Phi) is 2.90. The van der Waals surface area contributed by atoms with E-state index in [9.17, 15) is 4.79 Å². The van der Waals surface area contributed by atoms with Crippen LogP contribution in [-0.2, 0) is 11.2 Å². The molecule has 2 rings (SSSR count). The molecule has 0 atom stereocenters. The summed E-state index contributed by atoms with van der Waals surface area (Å²) in [6.07, 6.45) is 0.141. The van der Waals surface area contributed by atoms with Crippen molar-refractivity contribution < 1.29 is 4.79 Å². The van der Waals surface area contributed by atoms with Crippen LogP contribution >= 0.6 is 0 Å². The first kappa shape index (κ1) is 10.3. The summed E-state index contributed by atoms with van der Waals surface area (Å²) in [6.45, 7) is 0. The van der Waals surface area contributed by atoms with Gasteiger partial charge in [0.15, 0.2) is 5.82 Å². The van der Waals surface area contributed by atoms with Gasteiger partial charge in [-0.2, -0.15) is 5.21 Å². The number of likely N-dealkylation sites (N-methyl/N-ethyl adjacent to an activating group) is 1.